The number of aromatic nitrogens is 5. The minimum Gasteiger partial charge on any atom is -0.274 e. The molecule has 0 fully saturated rings. The molecule has 1 aromatic carbocycles. The number of aryl methyl sites for hydroxylation is 3. The Morgan fingerprint density at radius 3 is 2.43 bits per heavy atom. The molecule has 0 N–H and O–H groups in total. The van der Waals surface area contributed by atoms with Gasteiger partial charge in [0.15, 0.2) is 5.82 Å². The predicted molar refractivity (Wildman–Crippen MR) is 98.5 cm³/mol. The Morgan fingerprint density at radius 1 is 1.14 bits per heavy atom. The first-order valence-corrected chi connectivity index (χ1v) is 9.85. The van der Waals surface area contributed by atoms with Crippen molar-refractivity contribution in [1.82, 2.24) is 24.1 Å². The van der Waals surface area contributed by atoms with E-state index < -0.39 is 35.1 Å². The average molecular weight is 409 g/mol. The molecule has 1 atom stereocenters. The van der Waals surface area contributed by atoms with Gasteiger partial charge in [0.2, 0.25) is 0 Å². The standard InChI is InChI=1S/C17H20FN5O4S/c1-12-4-6-15(7-5-12)28(25,26)27-11-14(18)10-22-17(24)23(13(2)19-22)16-8-9-21(3)20-16/h4-9,14H,10-11H2,1-3H3/t14-/m0/s1. The molecule has 0 aliphatic carbocycles. The molecule has 150 valence electrons. The van der Waals surface area contributed by atoms with E-state index in [1.807, 2.05) is 6.92 Å². The predicted octanol–water partition coefficient (Wildman–Crippen LogP) is 1.13. The van der Waals surface area contributed by atoms with Crippen LogP contribution in [0.5, 0.6) is 0 Å². The van der Waals surface area contributed by atoms with Crippen molar-refractivity contribution in [1.29, 1.82) is 0 Å². The number of halogens is 1. The normalized spacial score (nSPS) is 13.0. The van der Waals surface area contributed by atoms with E-state index in [9.17, 15) is 17.6 Å². The smallest absolute Gasteiger partial charge is 0.274 e. The van der Waals surface area contributed by atoms with Crippen molar-refractivity contribution in [3.05, 3.63) is 58.4 Å². The molecule has 28 heavy (non-hydrogen) atoms. The van der Waals surface area contributed by atoms with Crippen molar-refractivity contribution in [2.24, 2.45) is 7.05 Å². The summed E-state index contributed by atoms with van der Waals surface area (Å²) >= 11 is 0. The van der Waals surface area contributed by atoms with Gasteiger partial charge in [0, 0.05) is 19.3 Å². The monoisotopic (exact) mass is 409 g/mol. The Hall–Kier alpha value is -2.79. The van der Waals surface area contributed by atoms with Crippen LogP contribution in [0.15, 0.2) is 46.2 Å². The highest BCUT2D eigenvalue weighted by Crippen LogP contribution is 2.14. The van der Waals surface area contributed by atoms with Crippen molar-refractivity contribution in [2.45, 2.75) is 31.5 Å². The van der Waals surface area contributed by atoms with Crippen LogP contribution in [0.2, 0.25) is 0 Å². The lowest BCUT2D eigenvalue weighted by Crippen LogP contribution is -2.30. The number of rotatable bonds is 7. The van der Waals surface area contributed by atoms with Crippen LogP contribution < -0.4 is 5.69 Å². The van der Waals surface area contributed by atoms with Gasteiger partial charge in [-0.1, -0.05) is 17.7 Å². The Bertz CT molecular complexity index is 1130. The molecule has 2 heterocycles. The van der Waals surface area contributed by atoms with Crippen LogP contribution in [-0.2, 0) is 27.9 Å². The van der Waals surface area contributed by atoms with Crippen LogP contribution >= 0.6 is 0 Å². The third-order valence-corrected chi connectivity index (χ3v) is 5.31. The molecule has 0 unspecified atom stereocenters. The van der Waals surface area contributed by atoms with Crippen LogP contribution in [-0.4, -0.2) is 45.3 Å². The number of benzene rings is 1. The van der Waals surface area contributed by atoms with Gasteiger partial charge >= 0.3 is 5.69 Å². The molecule has 0 saturated carbocycles. The molecule has 0 radical (unpaired) electrons. The Morgan fingerprint density at radius 2 is 1.82 bits per heavy atom. The summed E-state index contributed by atoms with van der Waals surface area (Å²) in [4.78, 5) is 12.4. The molecular weight excluding hydrogens is 389 g/mol. The lowest BCUT2D eigenvalue weighted by Gasteiger charge is -2.09. The Labute approximate surface area is 161 Å². The second-order valence-corrected chi connectivity index (χ2v) is 7.96. The van der Waals surface area contributed by atoms with Crippen molar-refractivity contribution < 1.29 is 17.0 Å². The highest BCUT2D eigenvalue weighted by molar-refractivity contribution is 7.86. The van der Waals surface area contributed by atoms with E-state index in [1.165, 1.54) is 21.4 Å². The number of hydrogen-bond acceptors (Lipinski definition) is 6. The molecule has 3 aromatic rings. The maximum Gasteiger partial charge on any atom is 0.351 e. The first-order chi connectivity index (χ1) is 13.2. The summed E-state index contributed by atoms with van der Waals surface area (Å²) in [6.45, 7) is 2.25. The number of alkyl halides is 1. The van der Waals surface area contributed by atoms with E-state index in [1.54, 1.807) is 38.4 Å². The highest BCUT2D eigenvalue weighted by atomic mass is 32.2. The lowest BCUT2D eigenvalue weighted by atomic mass is 10.2. The van der Waals surface area contributed by atoms with E-state index in [-0.39, 0.29) is 4.90 Å². The summed E-state index contributed by atoms with van der Waals surface area (Å²) in [6, 6.07) is 7.65. The van der Waals surface area contributed by atoms with Crippen molar-refractivity contribution in [3.8, 4) is 5.82 Å². The van der Waals surface area contributed by atoms with Gasteiger partial charge in [-0.25, -0.2) is 18.4 Å². The number of hydrogen-bond donors (Lipinski definition) is 0. The maximum absolute atomic E-state index is 14.3. The first kappa shape index (κ1) is 20.0. The van der Waals surface area contributed by atoms with E-state index in [0.29, 0.717) is 11.6 Å². The molecule has 0 amide bonds. The van der Waals surface area contributed by atoms with Gasteiger partial charge in [-0.2, -0.15) is 18.6 Å². The molecular formula is C17H20FN5O4S. The second kappa shape index (κ2) is 7.68. The fraction of sp³-hybridized carbons (Fsp3) is 0.353. The minimum atomic E-state index is -4.08. The van der Waals surface area contributed by atoms with Crippen LogP contribution in [0.25, 0.3) is 5.82 Å². The van der Waals surface area contributed by atoms with Gasteiger partial charge in [0.25, 0.3) is 10.1 Å². The van der Waals surface area contributed by atoms with E-state index >= 15 is 0 Å². The molecule has 0 aliphatic heterocycles. The van der Waals surface area contributed by atoms with Crippen LogP contribution in [0.1, 0.15) is 11.4 Å². The third-order valence-electron chi connectivity index (χ3n) is 4.01. The lowest BCUT2D eigenvalue weighted by molar-refractivity contribution is 0.177. The van der Waals surface area contributed by atoms with E-state index in [2.05, 4.69) is 10.2 Å². The molecule has 2 aromatic heterocycles. The largest absolute Gasteiger partial charge is 0.351 e. The zero-order valence-electron chi connectivity index (χ0n) is 15.6. The third kappa shape index (κ3) is 4.20. The quantitative estimate of drug-likeness (QED) is 0.542. The summed E-state index contributed by atoms with van der Waals surface area (Å²) in [5.41, 5.74) is 0.320. The van der Waals surface area contributed by atoms with E-state index in [4.69, 9.17) is 4.18 Å². The molecule has 0 saturated heterocycles. The minimum absolute atomic E-state index is 0.0576. The summed E-state index contributed by atoms with van der Waals surface area (Å²) in [6.07, 6.45) is -0.0790. The van der Waals surface area contributed by atoms with Gasteiger partial charge in [-0.3, -0.25) is 8.86 Å². The fourth-order valence-electron chi connectivity index (χ4n) is 2.60. The van der Waals surface area contributed by atoms with Crippen molar-refractivity contribution in [3.63, 3.8) is 0 Å². The SMILES string of the molecule is Cc1ccc(S(=O)(=O)OC[C@@H](F)Cn2nc(C)n(-c3ccn(C)n3)c2=O)cc1. The zero-order chi connectivity index (χ0) is 20.5. The van der Waals surface area contributed by atoms with Crippen molar-refractivity contribution in [2.75, 3.05) is 6.61 Å². The molecule has 11 heteroatoms. The summed E-state index contributed by atoms with van der Waals surface area (Å²) < 4.78 is 47.0. The van der Waals surface area contributed by atoms with E-state index in [0.717, 1.165) is 10.2 Å². The summed E-state index contributed by atoms with van der Waals surface area (Å²) in [7, 11) is -2.38. The average Bonchev–Trinajstić information content (AvgIpc) is 3.16. The first-order valence-electron chi connectivity index (χ1n) is 8.44. The molecule has 0 bridgehead atoms. The Balaban J connectivity index is 1.69. The van der Waals surface area contributed by atoms with Gasteiger partial charge in [0.05, 0.1) is 18.0 Å². The molecule has 9 nitrogen and oxygen atoms in total. The van der Waals surface area contributed by atoms with Gasteiger partial charge < -0.3 is 0 Å². The van der Waals surface area contributed by atoms with Crippen LogP contribution in [0.4, 0.5) is 4.39 Å². The van der Waals surface area contributed by atoms with Gasteiger partial charge in [-0.15, -0.1) is 0 Å². The molecule has 3 rings (SSSR count). The molecule has 0 aliphatic rings. The second-order valence-electron chi connectivity index (χ2n) is 6.34. The van der Waals surface area contributed by atoms with Gasteiger partial charge in [-0.05, 0) is 26.0 Å². The van der Waals surface area contributed by atoms with Crippen molar-refractivity contribution >= 4 is 10.1 Å². The summed E-state index contributed by atoms with van der Waals surface area (Å²) in [5.74, 6) is 0.703. The van der Waals surface area contributed by atoms with Crippen LogP contribution in [0, 0.1) is 13.8 Å². The van der Waals surface area contributed by atoms with Crippen LogP contribution in [0.3, 0.4) is 0 Å². The number of nitrogens with zero attached hydrogens (tertiary/aromatic N) is 5. The summed E-state index contributed by atoms with van der Waals surface area (Å²) in [5, 5.41) is 8.15. The Kier molecular flexibility index (Phi) is 5.47. The van der Waals surface area contributed by atoms with Gasteiger partial charge in [0.1, 0.15) is 12.0 Å². The fourth-order valence-corrected chi connectivity index (χ4v) is 3.53. The highest BCUT2D eigenvalue weighted by Gasteiger charge is 2.21. The zero-order valence-corrected chi connectivity index (χ0v) is 16.4. The molecule has 0 spiro atoms. The topological polar surface area (TPSA) is 101 Å². The maximum atomic E-state index is 14.3.